The Balaban J connectivity index is 2.70. The van der Waals surface area contributed by atoms with Gasteiger partial charge in [-0.15, -0.1) is 5.10 Å². The van der Waals surface area contributed by atoms with E-state index in [9.17, 15) is 4.79 Å². The van der Waals surface area contributed by atoms with Crippen LogP contribution in [0.3, 0.4) is 0 Å². The summed E-state index contributed by atoms with van der Waals surface area (Å²) in [4.78, 5) is 13.0. The third-order valence-corrected chi connectivity index (χ3v) is 2.45. The highest BCUT2D eigenvalue weighted by molar-refractivity contribution is 5.96. The summed E-state index contributed by atoms with van der Waals surface area (Å²) >= 11 is 0. The Morgan fingerprint density at radius 2 is 2.13 bits per heavy atom. The Labute approximate surface area is 88.0 Å². The Kier molecular flexibility index (Phi) is 3.35. The van der Waals surface area contributed by atoms with Crippen molar-refractivity contribution in [2.45, 2.75) is 32.2 Å². The fraction of sp³-hybridized carbons (Fsp3) is 0.750. The van der Waals surface area contributed by atoms with Crippen LogP contribution in [0.2, 0.25) is 0 Å². The summed E-state index contributed by atoms with van der Waals surface area (Å²) in [6, 6.07) is 0. The van der Waals surface area contributed by atoms with Gasteiger partial charge in [-0.3, -0.25) is 10.1 Å². The number of nitrogens with two attached hydrogens (primary N) is 1. The van der Waals surface area contributed by atoms with E-state index in [4.69, 9.17) is 5.73 Å². The number of amides is 1. The largest absolute Gasteiger partial charge is 0.317 e. The fourth-order valence-corrected chi connectivity index (χ4v) is 1.13. The van der Waals surface area contributed by atoms with E-state index in [1.807, 2.05) is 13.8 Å². The average Bonchev–Trinajstić information content (AvgIpc) is 2.62. The molecule has 0 saturated heterocycles. The molecule has 0 aliphatic heterocycles. The van der Waals surface area contributed by atoms with Gasteiger partial charge in [0.15, 0.2) is 0 Å². The van der Waals surface area contributed by atoms with Crippen LogP contribution in [0.25, 0.3) is 0 Å². The normalized spacial score (nSPS) is 11.5. The topological polar surface area (TPSA) is 98.7 Å². The second-order valence-electron chi connectivity index (χ2n) is 3.42. The number of carbonyl (C=O) groups excluding carboxylic acids is 1. The van der Waals surface area contributed by atoms with Gasteiger partial charge in [0.05, 0.1) is 12.6 Å². The van der Waals surface area contributed by atoms with Gasteiger partial charge in [0.2, 0.25) is 5.91 Å². The van der Waals surface area contributed by atoms with Gasteiger partial charge in [0.1, 0.15) is 0 Å². The second-order valence-corrected chi connectivity index (χ2v) is 3.42. The van der Waals surface area contributed by atoms with E-state index < -0.39 is 5.54 Å². The van der Waals surface area contributed by atoms with E-state index >= 15 is 0 Å². The number of aromatic nitrogens is 4. The molecule has 7 heteroatoms. The highest BCUT2D eigenvalue weighted by Crippen LogP contribution is 2.13. The molecule has 0 aromatic carbocycles. The van der Waals surface area contributed by atoms with E-state index in [1.165, 1.54) is 4.80 Å². The van der Waals surface area contributed by atoms with Crippen molar-refractivity contribution in [3.05, 3.63) is 0 Å². The molecule has 0 radical (unpaired) electrons. The van der Waals surface area contributed by atoms with Crippen LogP contribution in [0.15, 0.2) is 0 Å². The Morgan fingerprint density at radius 1 is 1.53 bits per heavy atom. The predicted octanol–water partition coefficient (Wildman–Crippen LogP) is -0.334. The lowest BCUT2D eigenvalue weighted by Crippen LogP contribution is -2.50. The Bertz CT molecular complexity index is 343. The summed E-state index contributed by atoms with van der Waals surface area (Å²) < 4.78 is 0. The van der Waals surface area contributed by atoms with Crippen LogP contribution < -0.4 is 11.1 Å². The van der Waals surface area contributed by atoms with Gasteiger partial charge in [0.25, 0.3) is 5.95 Å². The molecular weight excluding hydrogens is 196 g/mol. The number of tetrazole rings is 1. The summed E-state index contributed by atoms with van der Waals surface area (Å²) in [6.07, 6.45) is 1.13. The molecule has 0 saturated carbocycles. The summed E-state index contributed by atoms with van der Waals surface area (Å²) in [6.45, 7) is 3.74. The number of nitrogens with one attached hydrogen (secondary N) is 1. The molecule has 0 spiro atoms. The molecule has 0 bridgehead atoms. The zero-order valence-electron chi connectivity index (χ0n) is 9.19. The van der Waals surface area contributed by atoms with Crippen molar-refractivity contribution in [3.8, 4) is 0 Å². The minimum Gasteiger partial charge on any atom is -0.317 e. The first-order valence-corrected chi connectivity index (χ1v) is 4.86. The first-order valence-electron chi connectivity index (χ1n) is 4.86. The lowest BCUT2D eigenvalue weighted by molar-refractivity contribution is -0.121. The maximum absolute atomic E-state index is 11.8. The van der Waals surface area contributed by atoms with Crippen LogP contribution in [0, 0.1) is 0 Å². The Hall–Kier alpha value is -1.50. The van der Waals surface area contributed by atoms with Gasteiger partial charge in [-0.05, 0) is 18.1 Å². The van der Waals surface area contributed by atoms with E-state index in [1.54, 1.807) is 7.05 Å². The predicted molar refractivity (Wildman–Crippen MR) is 54.9 cm³/mol. The van der Waals surface area contributed by atoms with Crippen LogP contribution >= 0.6 is 0 Å². The fourth-order valence-electron chi connectivity index (χ4n) is 1.13. The number of aryl methyl sites for hydroxylation is 1. The zero-order chi connectivity index (χ0) is 11.5. The van der Waals surface area contributed by atoms with Gasteiger partial charge in [-0.2, -0.15) is 4.80 Å². The maximum atomic E-state index is 11.8. The van der Waals surface area contributed by atoms with Crippen molar-refractivity contribution in [1.29, 1.82) is 0 Å². The van der Waals surface area contributed by atoms with E-state index in [2.05, 4.69) is 20.7 Å². The summed E-state index contributed by atoms with van der Waals surface area (Å²) in [5.74, 6) is -0.0975. The summed E-state index contributed by atoms with van der Waals surface area (Å²) in [7, 11) is 1.62. The zero-order valence-corrected chi connectivity index (χ0v) is 9.19. The van der Waals surface area contributed by atoms with E-state index in [-0.39, 0.29) is 11.9 Å². The molecule has 84 valence electrons. The van der Waals surface area contributed by atoms with Crippen molar-refractivity contribution in [2.75, 3.05) is 5.32 Å². The van der Waals surface area contributed by atoms with Crippen molar-refractivity contribution in [2.24, 2.45) is 12.8 Å². The standard InChI is InChI=1S/C8H16N6O/c1-4-8(9,5-2)6(15)10-7-11-13-14(3)12-7/h4-5,9H2,1-3H3,(H,10,12,15). The molecule has 15 heavy (non-hydrogen) atoms. The lowest BCUT2D eigenvalue weighted by atomic mass is 9.93. The summed E-state index contributed by atoms with van der Waals surface area (Å²) in [5, 5.41) is 13.6. The van der Waals surface area contributed by atoms with Crippen molar-refractivity contribution in [3.63, 3.8) is 0 Å². The van der Waals surface area contributed by atoms with E-state index in [0.29, 0.717) is 12.8 Å². The van der Waals surface area contributed by atoms with Gasteiger partial charge in [0, 0.05) is 0 Å². The number of anilines is 1. The number of hydrogen-bond donors (Lipinski definition) is 2. The molecule has 0 unspecified atom stereocenters. The molecule has 1 amide bonds. The van der Waals surface area contributed by atoms with Crippen LogP contribution in [-0.2, 0) is 11.8 Å². The monoisotopic (exact) mass is 212 g/mol. The van der Waals surface area contributed by atoms with Gasteiger partial charge < -0.3 is 5.73 Å². The first kappa shape index (κ1) is 11.6. The molecule has 3 N–H and O–H groups in total. The molecule has 0 aliphatic rings. The van der Waals surface area contributed by atoms with Gasteiger partial charge in [-0.1, -0.05) is 18.9 Å². The van der Waals surface area contributed by atoms with Crippen molar-refractivity contribution in [1.82, 2.24) is 20.2 Å². The highest BCUT2D eigenvalue weighted by Gasteiger charge is 2.30. The third-order valence-electron chi connectivity index (χ3n) is 2.45. The molecule has 0 atom stereocenters. The molecule has 1 aromatic heterocycles. The molecular formula is C8H16N6O. The number of hydrogen-bond acceptors (Lipinski definition) is 5. The number of rotatable bonds is 4. The molecule has 1 rings (SSSR count). The average molecular weight is 212 g/mol. The Morgan fingerprint density at radius 3 is 2.53 bits per heavy atom. The molecule has 0 aliphatic carbocycles. The van der Waals surface area contributed by atoms with Crippen molar-refractivity contribution >= 4 is 11.9 Å². The third kappa shape index (κ3) is 2.50. The van der Waals surface area contributed by atoms with Crippen LogP contribution in [-0.4, -0.2) is 31.7 Å². The van der Waals surface area contributed by atoms with Crippen LogP contribution in [0.4, 0.5) is 5.95 Å². The number of nitrogens with zero attached hydrogens (tertiary/aromatic N) is 4. The maximum Gasteiger partial charge on any atom is 0.270 e. The second kappa shape index (κ2) is 4.35. The lowest BCUT2D eigenvalue weighted by Gasteiger charge is -2.23. The number of carbonyl (C=O) groups is 1. The summed E-state index contributed by atoms with van der Waals surface area (Å²) in [5.41, 5.74) is 5.04. The van der Waals surface area contributed by atoms with Crippen LogP contribution in [0.5, 0.6) is 0 Å². The smallest absolute Gasteiger partial charge is 0.270 e. The quantitative estimate of drug-likeness (QED) is 0.711. The molecule has 0 fully saturated rings. The first-order chi connectivity index (χ1) is 7.01. The SMILES string of the molecule is CCC(N)(CC)C(=O)Nc1nnn(C)n1. The van der Waals surface area contributed by atoms with Gasteiger partial charge in [-0.25, -0.2) is 0 Å². The molecule has 1 aromatic rings. The minimum absolute atomic E-state index is 0.180. The molecule has 7 nitrogen and oxygen atoms in total. The van der Waals surface area contributed by atoms with Gasteiger partial charge >= 0.3 is 0 Å². The van der Waals surface area contributed by atoms with Crippen molar-refractivity contribution < 1.29 is 4.79 Å². The highest BCUT2D eigenvalue weighted by atomic mass is 16.2. The minimum atomic E-state index is -0.862. The molecule has 1 heterocycles. The van der Waals surface area contributed by atoms with Crippen LogP contribution in [0.1, 0.15) is 26.7 Å². The van der Waals surface area contributed by atoms with E-state index in [0.717, 1.165) is 0 Å².